The van der Waals surface area contributed by atoms with E-state index in [1.54, 1.807) is 14.2 Å². The van der Waals surface area contributed by atoms with Gasteiger partial charge in [-0.15, -0.1) is 0 Å². The summed E-state index contributed by atoms with van der Waals surface area (Å²) in [5.74, 6) is 7.54. The lowest BCUT2D eigenvalue weighted by atomic mass is 10.1. The van der Waals surface area contributed by atoms with Gasteiger partial charge in [0.05, 0.1) is 6.61 Å². The Morgan fingerprint density at radius 1 is 1.24 bits per heavy atom. The summed E-state index contributed by atoms with van der Waals surface area (Å²) < 4.78 is 10.3. The fourth-order valence-electron chi connectivity index (χ4n) is 2.30. The van der Waals surface area contributed by atoms with Gasteiger partial charge >= 0.3 is 0 Å². The van der Waals surface area contributed by atoms with Crippen LogP contribution in [0.1, 0.15) is 32.5 Å². The summed E-state index contributed by atoms with van der Waals surface area (Å²) in [7, 11) is 3.32. The van der Waals surface area contributed by atoms with Crippen LogP contribution in [0, 0.1) is 0 Å². The first-order valence-corrected chi connectivity index (χ1v) is 7.29. The molecule has 0 aliphatic heterocycles. The van der Waals surface area contributed by atoms with Gasteiger partial charge in [-0.25, -0.2) is 15.8 Å². The Hall–Kier alpha value is -1.44. The molecule has 0 saturated carbocycles. The van der Waals surface area contributed by atoms with Crippen LogP contribution >= 0.6 is 0 Å². The van der Waals surface area contributed by atoms with E-state index in [1.807, 2.05) is 6.07 Å². The molecule has 0 spiro atoms. The highest BCUT2D eigenvalue weighted by Crippen LogP contribution is 2.21. The van der Waals surface area contributed by atoms with E-state index in [-0.39, 0.29) is 0 Å². The average Bonchev–Trinajstić information content (AvgIpc) is 2.51. The Morgan fingerprint density at radius 3 is 2.48 bits per heavy atom. The Kier molecular flexibility index (Phi) is 7.96. The van der Waals surface area contributed by atoms with E-state index in [1.165, 1.54) is 0 Å². The molecule has 1 aromatic rings. The molecule has 0 radical (unpaired) electrons. The van der Waals surface area contributed by atoms with Crippen LogP contribution in [0.4, 0.5) is 11.6 Å². The van der Waals surface area contributed by atoms with Crippen molar-refractivity contribution in [2.24, 2.45) is 5.84 Å². The van der Waals surface area contributed by atoms with Gasteiger partial charge in [0, 0.05) is 32.9 Å². The van der Waals surface area contributed by atoms with E-state index in [0.29, 0.717) is 30.9 Å². The highest BCUT2D eigenvalue weighted by atomic mass is 16.5. The van der Waals surface area contributed by atoms with Gasteiger partial charge in [-0.2, -0.15) is 0 Å². The number of nitrogens with one attached hydrogen (secondary N) is 1. The highest BCUT2D eigenvalue weighted by Gasteiger charge is 2.18. The molecule has 0 aliphatic rings. The smallest absolute Gasteiger partial charge is 0.158 e. The van der Waals surface area contributed by atoms with Gasteiger partial charge in [-0.05, 0) is 12.8 Å². The number of nitrogen functional groups attached to an aromatic ring is 1. The van der Waals surface area contributed by atoms with Gasteiger partial charge < -0.3 is 19.8 Å². The minimum absolute atomic E-state index is 0.351. The monoisotopic (exact) mass is 297 g/mol. The van der Waals surface area contributed by atoms with Crippen molar-refractivity contribution < 1.29 is 9.47 Å². The third-order valence-corrected chi connectivity index (χ3v) is 3.39. The molecule has 0 fully saturated rings. The fraction of sp³-hybridized carbons (Fsp3) is 0.714. The highest BCUT2D eigenvalue weighted by molar-refractivity contribution is 5.49. The third-order valence-electron chi connectivity index (χ3n) is 3.39. The molecular weight excluding hydrogens is 270 g/mol. The largest absolute Gasteiger partial charge is 0.383 e. The van der Waals surface area contributed by atoms with Gasteiger partial charge in [0.15, 0.2) is 5.82 Å². The summed E-state index contributed by atoms with van der Waals surface area (Å²) in [6.07, 6.45) is 2.07. The first-order chi connectivity index (χ1) is 10.2. The normalized spacial score (nSPS) is 11.0. The molecule has 1 rings (SSSR count). The number of ether oxygens (including phenoxy) is 2. The van der Waals surface area contributed by atoms with Gasteiger partial charge in [0.25, 0.3) is 0 Å². The van der Waals surface area contributed by atoms with Crippen molar-refractivity contribution in [3.05, 3.63) is 11.9 Å². The van der Waals surface area contributed by atoms with Crippen LogP contribution in [0.15, 0.2) is 6.07 Å². The number of nitrogens with zero attached hydrogens (tertiary/aromatic N) is 3. The summed E-state index contributed by atoms with van der Waals surface area (Å²) in [6, 6.07) is 2.25. The van der Waals surface area contributed by atoms with Crippen molar-refractivity contribution in [3.8, 4) is 0 Å². The SMILES string of the molecule is CCC(CC)N(CCOC)c1cc(NN)nc(COC)n1. The number of nitrogens with two attached hydrogens (primary N) is 1. The Balaban J connectivity index is 3.11. The first-order valence-electron chi connectivity index (χ1n) is 7.29. The summed E-state index contributed by atoms with van der Waals surface area (Å²) in [5.41, 5.74) is 2.59. The molecule has 0 atom stereocenters. The van der Waals surface area contributed by atoms with Gasteiger partial charge in [0.1, 0.15) is 18.2 Å². The second-order valence-electron chi connectivity index (χ2n) is 4.76. The molecule has 120 valence electrons. The summed E-state index contributed by atoms with van der Waals surface area (Å²) >= 11 is 0. The lowest BCUT2D eigenvalue weighted by Crippen LogP contribution is -2.38. The maximum Gasteiger partial charge on any atom is 0.158 e. The van der Waals surface area contributed by atoms with Gasteiger partial charge in [0.2, 0.25) is 0 Å². The zero-order valence-electron chi connectivity index (χ0n) is 13.4. The lowest BCUT2D eigenvalue weighted by Gasteiger charge is -2.31. The molecule has 21 heavy (non-hydrogen) atoms. The number of hydrogen-bond donors (Lipinski definition) is 2. The molecule has 3 N–H and O–H groups in total. The molecule has 0 unspecified atom stereocenters. The van der Waals surface area contributed by atoms with Crippen molar-refractivity contribution in [2.75, 3.05) is 37.7 Å². The summed E-state index contributed by atoms with van der Waals surface area (Å²) in [5, 5.41) is 0. The summed E-state index contributed by atoms with van der Waals surface area (Å²) in [6.45, 7) is 6.12. The second-order valence-corrected chi connectivity index (χ2v) is 4.76. The molecule has 1 heterocycles. The van der Waals surface area contributed by atoms with Crippen molar-refractivity contribution in [3.63, 3.8) is 0 Å². The average molecular weight is 297 g/mol. The van der Waals surface area contributed by atoms with Crippen molar-refractivity contribution in [1.29, 1.82) is 0 Å². The van der Waals surface area contributed by atoms with Crippen LogP contribution in [0.25, 0.3) is 0 Å². The minimum atomic E-state index is 0.351. The van der Waals surface area contributed by atoms with Crippen LogP contribution in [0.3, 0.4) is 0 Å². The molecule has 0 bridgehead atoms. The molecule has 7 heteroatoms. The van der Waals surface area contributed by atoms with E-state index in [9.17, 15) is 0 Å². The maximum atomic E-state index is 5.50. The Morgan fingerprint density at radius 2 is 1.95 bits per heavy atom. The number of methoxy groups -OCH3 is 2. The minimum Gasteiger partial charge on any atom is -0.383 e. The Bertz CT molecular complexity index is 412. The van der Waals surface area contributed by atoms with Crippen LogP contribution in [-0.2, 0) is 16.1 Å². The number of hydrogen-bond acceptors (Lipinski definition) is 7. The predicted octanol–water partition coefficient (Wildman–Crippen LogP) is 1.55. The zero-order chi connectivity index (χ0) is 15.7. The van der Waals surface area contributed by atoms with Gasteiger partial charge in [-0.3, -0.25) is 0 Å². The number of aromatic nitrogens is 2. The first kappa shape index (κ1) is 17.6. The van der Waals surface area contributed by atoms with Crippen LogP contribution < -0.4 is 16.2 Å². The van der Waals surface area contributed by atoms with E-state index >= 15 is 0 Å². The second kappa shape index (κ2) is 9.49. The summed E-state index contributed by atoms with van der Waals surface area (Å²) in [4.78, 5) is 11.1. The molecule has 0 aliphatic carbocycles. The van der Waals surface area contributed by atoms with E-state index in [4.69, 9.17) is 15.3 Å². The quantitative estimate of drug-likeness (QED) is 0.500. The number of hydrazine groups is 1. The lowest BCUT2D eigenvalue weighted by molar-refractivity contribution is 0.177. The maximum absolute atomic E-state index is 5.50. The number of anilines is 2. The van der Waals surface area contributed by atoms with E-state index in [2.05, 4.69) is 34.1 Å². The van der Waals surface area contributed by atoms with Crippen LogP contribution in [0.5, 0.6) is 0 Å². The fourth-order valence-corrected chi connectivity index (χ4v) is 2.30. The van der Waals surface area contributed by atoms with Crippen molar-refractivity contribution in [1.82, 2.24) is 9.97 Å². The molecule has 0 amide bonds. The standard InChI is InChI=1S/C14H27N5O2/c1-5-11(6-2)19(7-8-20-3)14-9-12(18-15)16-13(17-14)10-21-4/h9,11H,5-8,10,15H2,1-4H3,(H,16,17,18). The van der Waals surface area contributed by atoms with Crippen molar-refractivity contribution >= 4 is 11.6 Å². The van der Waals surface area contributed by atoms with Crippen LogP contribution in [0.2, 0.25) is 0 Å². The van der Waals surface area contributed by atoms with Gasteiger partial charge in [-0.1, -0.05) is 13.8 Å². The van der Waals surface area contributed by atoms with Crippen molar-refractivity contribution in [2.45, 2.75) is 39.3 Å². The molecule has 0 saturated heterocycles. The zero-order valence-corrected chi connectivity index (χ0v) is 13.4. The third kappa shape index (κ3) is 5.11. The molecular formula is C14H27N5O2. The topological polar surface area (TPSA) is 85.5 Å². The van der Waals surface area contributed by atoms with Crippen LogP contribution in [-0.4, -0.2) is 43.4 Å². The van der Waals surface area contributed by atoms with E-state index in [0.717, 1.165) is 25.2 Å². The molecule has 7 nitrogen and oxygen atoms in total. The molecule has 1 aromatic heterocycles. The Labute approximate surface area is 126 Å². The molecule has 0 aromatic carbocycles. The number of rotatable bonds is 10. The predicted molar refractivity (Wildman–Crippen MR) is 84.1 cm³/mol. The van der Waals surface area contributed by atoms with E-state index < -0.39 is 0 Å².